The van der Waals surface area contributed by atoms with E-state index in [1.54, 1.807) is 0 Å². The molecule has 0 aromatic heterocycles. The molecule has 2 N–H and O–H groups in total. The maximum absolute atomic E-state index is 11.9. The van der Waals surface area contributed by atoms with Crippen molar-refractivity contribution in [1.82, 2.24) is 10.2 Å². The Kier molecular flexibility index (Phi) is 4.74. The normalized spacial score (nSPS) is 15.7. The van der Waals surface area contributed by atoms with Crippen molar-refractivity contribution in [3.05, 3.63) is 35.4 Å². The third kappa shape index (κ3) is 3.57. The number of rotatable bonds is 6. The van der Waals surface area contributed by atoms with Crippen LogP contribution in [0.1, 0.15) is 30.9 Å². The second-order valence-electron chi connectivity index (χ2n) is 5.16. The van der Waals surface area contributed by atoms with E-state index in [4.69, 9.17) is 5.11 Å². The monoisotopic (exact) mass is 276 g/mol. The van der Waals surface area contributed by atoms with Gasteiger partial charge in [0.1, 0.15) is 6.04 Å². The van der Waals surface area contributed by atoms with Crippen LogP contribution in [0.4, 0.5) is 0 Å². The molecule has 1 aliphatic rings. The molecule has 0 fully saturated rings. The van der Waals surface area contributed by atoms with E-state index in [2.05, 4.69) is 17.4 Å². The molecular weight excluding hydrogens is 256 g/mol. The first-order valence-electron chi connectivity index (χ1n) is 6.91. The lowest BCUT2D eigenvalue weighted by Gasteiger charge is -2.17. The Hall–Kier alpha value is -1.88. The van der Waals surface area contributed by atoms with Crippen LogP contribution in [0, 0.1) is 0 Å². The van der Waals surface area contributed by atoms with Crippen molar-refractivity contribution in [2.24, 2.45) is 0 Å². The highest BCUT2D eigenvalue weighted by atomic mass is 16.4. The van der Waals surface area contributed by atoms with Crippen molar-refractivity contribution in [2.45, 2.75) is 38.9 Å². The molecule has 1 amide bonds. The summed E-state index contributed by atoms with van der Waals surface area (Å²) in [5, 5.41) is 11.6. The Morgan fingerprint density at radius 2 is 1.90 bits per heavy atom. The third-order valence-electron chi connectivity index (χ3n) is 3.48. The lowest BCUT2D eigenvalue weighted by Crippen LogP contribution is -2.44. The molecular formula is C15H20N2O3. The van der Waals surface area contributed by atoms with Gasteiger partial charge in [-0.1, -0.05) is 37.6 Å². The first kappa shape index (κ1) is 14.5. The summed E-state index contributed by atoms with van der Waals surface area (Å²) in [6.45, 7) is 3.63. The zero-order valence-electron chi connectivity index (χ0n) is 11.6. The Balaban J connectivity index is 1.86. The first-order valence-corrected chi connectivity index (χ1v) is 6.91. The van der Waals surface area contributed by atoms with E-state index in [9.17, 15) is 9.59 Å². The molecule has 1 unspecified atom stereocenters. The summed E-state index contributed by atoms with van der Waals surface area (Å²) in [7, 11) is 0. The maximum atomic E-state index is 11.9. The number of carbonyl (C=O) groups excluding carboxylic acids is 1. The molecule has 0 saturated heterocycles. The van der Waals surface area contributed by atoms with Crippen molar-refractivity contribution >= 4 is 11.9 Å². The van der Waals surface area contributed by atoms with Crippen LogP contribution in [0.25, 0.3) is 0 Å². The lowest BCUT2D eigenvalue weighted by molar-refractivity contribution is -0.142. The average molecular weight is 276 g/mol. The van der Waals surface area contributed by atoms with Gasteiger partial charge in [-0.05, 0) is 17.5 Å². The zero-order valence-corrected chi connectivity index (χ0v) is 11.6. The Bertz CT molecular complexity index is 477. The van der Waals surface area contributed by atoms with Crippen LogP contribution in [-0.2, 0) is 22.7 Å². The number of nitrogens with zero attached hydrogens (tertiary/aromatic N) is 1. The molecule has 5 nitrogen and oxygen atoms in total. The van der Waals surface area contributed by atoms with Crippen molar-refractivity contribution in [3.8, 4) is 0 Å². The summed E-state index contributed by atoms with van der Waals surface area (Å²) in [5.41, 5.74) is 2.48. The predicted molar refractivity (Wildman–Crippen MR) is 75.0 cm³/mol. The Labute approximate surface area is 118 Å². The van der Waals surface area contributed by atoms with Gasteiger partial charge in [0.25, 0.3) is 0 Å². The zero-order chi connectivity index (χ0) is 14.5. The number of benzene rings is 1. The van der Waals surface area contributed by atoms with Gasteiger partial charge in [0.05, 0.1) is 6.54 Å². The van der Waals surface area contributed by atoms with Gasteiger partial charge in [-0.2, -0.15) is 0 Å². The van der Waals surface area contributed by atoms with Crippen LogP contribution in [0.3, 0.4) is 0 Å². The number of amides is 1. The Morgan fingerprint density at radius 3 is 2.40 bits per heavy atom. The van der Waals surface area contributed by atoms with E-state index < -0.39 is 12.0 Å². The Morgan fingerprint density at radius 1 is 1.30 bits per heavy atom. The standard InChI is InChI=1S/C15H20N2O3/c1-2-5-13(15(19)20)16-14(18)10-17-8-11-6-3-4-7-12(11)9-17/h3-4,6-7,13H,2,5,8-10H2,1H3,(H,16,18)(H,19,20). The van der Waals surface area contributed by atoms with Crippen molar-refractivity contribution in [2.75, 3.05) is 6.54 Å². The fourth-order valence-corrected chi connectivity index (χ4v) is 2.50. The van der Waals surface area contributed by atoms with E-state index in [-0.39, 0.29) is 12.5 Å². The summed E-state index contributed by atoms with van der Waals surface area (Å²) in [5.74, 6) is -1.19. The molecule has 1 atom stereocenters. The summed E-state index contributed by atoms with van der Waals surface area (Å²) in [6, 6.07) is 7.32. The molecule has 0 aliphatic carbocycles. The number of carbonyl (C=O) groups is 2. The van der Waals surface area contributed by atoms with E-state index in [1.807, 2.05) is 24.0 Å². The smallest absolute Gasteiger partial charge is 0.326 e. The molecule has 1 aromatic rings. The van der Waals surface area contributed by atoms with Crippen molar-refractivity contribution in [1.29, 1.82) is 0 Å². The highest BCUT2D eigenvalue weighted by Crippen LogP contribution is 2.21. The second-order valence-corrected chi connectivity index (χ2v) is 5.16. The number of hydrogen-bond acceptors (Lipinski definition) is 3. The van der Waals surface area contributed by atoms with Crippen LogP contribution in [-0.4, -0.2) is 34.5 Å². The van der Waals surface area contributed by atoms with Crippen LogP contribution in [0.2, 0.25) is 0 Å². The van der Waals surface area contributed by atoms with Gasteiger partial charge in [0.15, 0.2) is 0 Å². The summed E-state index contributed by atoms with van der Waals surface area (Å²) in [6.07, 6.45) is 1.19. The topological polar surface area (TPSA) is 69.6 Å². The quantitative estimate of drug-likeness (QED) is 0.823. The highest BCUT2D eigenvalue weighted by Gasteiger charge is 2.23. The highest BCUT2D eigenvalue weighted by molar-refractivity contribution is 5.84. The van der Waals surface area contributed by atoms with E-state index >= 15 is 0 Å². The minimum Gasteiger partial charge on any atom is -0.480 e. The minimum atomic E-state index is -0.968. The van der Waals surface area contributed by atoms with Crippen LogP contribution in [0.15, 0.2) is 24.3 Å². The minimum absolute atomic E-state index is 0.223. The number of carboxylic acid groups (broad SMARTS) is 1. The number of nitrogens with one attached hydrogen (secondary N) is 1. The predicted octanol–water partition coefficient (Wildman–Crippen LogP) is 1.37. The van der Waals surface area contributed by atoms with E-state index in [0.29, 0.717) is 6.42 Å². The van der Waals surface area contributed by atoms with Gasteiger partial charge in [-0.3, -0.25) is 9.69 Å². The number of carboxylic acids is 1. The molecule has 0 spiro atoms. The van der Waals surface area contributed by atoms with Crippen LogP contribution < -0.4 is 5.32 Å². The molecule has 2 rings (SSSR count). The SMILES string of the molecule is CCCC(NC(=O)CN1Cc2ccccc2C1)C(=O)O. The van der Waals surface area contributed by atoms with Crippen LogP contribution >= 0.6 is 0 Å². The summed E-state index contributed by atoms with van der Waals surface area (Å²) >= 11 is 0. The molecule has 1 aromatic carbocycles. The molecule has 0 saturated carbocycles. The fourth-order valence-electron chi connectivity index (χ4n) is 2.50. The van der Waals surface area contributed by atoms with Crippen molar-refractivity contribution in [3.63, 3.8) is 0 Å². The summed E-state index contributed by atoms with van der Waals surface area (Å²) < 4.78 is 0. The van der Waals surface area contributed by atoms with Gasteiger partial charge in [-0.25, -0.2) is 4.79 Å². The third-order valence-corrected chi connectivity index (χ3v) is 3.48. The summed E-state index contributed by atoms with van der Waals surface area (Å²) in [4.78, 5) is 25.0. The average Bonchev–Trinajstić information content (AvgIpc) is 2.79. The molecule has 5 heteroatoms. The molecule has 1 aliphatic heterocycles. The lowest BCUT2D eigenvalue weighted by atomic mass is 10.1. The van der Waals surface area contributed by atoms with Gasteiger partial charge >= 0.3 is 5.97 Å². The van der Waals surface area contributed by atoms with Crippen molar-refractivity contribution < 1.29 is 14.7 Å². The molecule has 20 heavy (non-hydrogen) atoms. The van der Waals surface area contributed by atoms with Gasteiger partial charge in [0, 0.05) is 13.1 Å². The van der Waals surface area contributed by atoms with E-state index in [1.165, 1.54) is 11.1 Å². The molecule has 1 heterocycles. The maximum Gasteiger partial charge on any atom is 0.326 e. The second kappa shape index (κ2) is 6.52. The van der Waals surface area contributed by atoms with E-state index in [0.717, 1.165) is 19.5 Å². The number of fused-ring (bicyclic) bond motifs is 1. The largest absolute Gasteiger partial charge is 0.480 e. The van der Waals surface area contributed by atoms with Gasteiger partial charge < -0.3 is 10.4 Å². The van der Waals surface area contributed by atoms with Gasteiger partial charge in [0.2, 0.25) is 5.91 Å². The van der Waals surface area contributed by atoms with Gasteiger partial charge in [-0.15, -0.1) is 0 Å². The number of hydrogen-bond donors (Lipinski definition) is 2. The molecule has 0 radical (unpaired) electrons. The number of aliphatic carboxylic acids is 1. The first-order chi connectivity index (χ1) is 9.60. The molecule has 108 valence electrons. The fraction of sp³-hybridized carbons (Fsp3) is 0.467. The molecule has 0 bridgehead atoms. The van der Waals surface area contributed by atoms with Crippen LogP contribution in [0.5, 0.6) is 0 Å².